The van der Waals surface area contributed by atoms with Gasteiger partial charge in [-0.2, -0.15) is 0 Å². The van der Waals surface area contributed by atoms with Crippen molar-refractivity contribution in [2.75, 3.05) is 25.5 Å². The molecule has 0 heterocycles. The van der Waals surface area contributed by atoms with Crippen molar-refractivity contribution in [1.82, 2.24) is 5.32 Å². The summed E-state index contributed by atoms with van der Waals surface area (Å²) in [6.07, 6.45) is 1.19. The van der Waals surface area contributed by atoms with Gasteiger partial charge in [0.05, 0.1) is 0 Å². The Morgan fingerprint density at radius 3 is 2.10 bits per heavy atom. The topological polar surface area (TPSA) is 24.1 Å². The summed E-state index contributed by atoms with van der Waals surface area (Å²) in [5.41, 5.74) is 3.72. The van der Waals surface area contributed by atoms with Crippen molar-refractivity contribution in [2.45, 2.75) is 13.3 Å². The highest BCUT2D eigenvalue weighted by atomic mass is 14.9. The number of nitrogens with one attached hydrogen (secondary N) is 2. The van der Waals surface area contributed by atoms with Crippen LogP contribution in [0.15, 0.2) is 54.6 Å². The first kappa shape index (κ1) is 14.6. The van der Waals surface area contributed by atoms with Crippen molar-refractivity contribution in [3.05, 3.63) is 54.6 Å². The fourth-order valence-corrected chi connectivity index (χ4v) is 2.32. The van der Waals surface area contributed by atoms with Gasteiger partial charge in [-0.25, -0.2) is 0 Å². The van der Waals surface area contributed by atoms with Gasteiger partial charge in [-0.1, -0.05) is 55.8 Å². The van der Waals surface area contributed by atoms with Gasteiger partial charge in [0.2, 0.25) is 0 Å². The molecule has 0 fully saturated rings. The Bertz CT molecular complexity index is 491. The lowest BCUT2D eigenvalue weighted by Gasteiger charge is -2.16. The standard InChI is InChI=1S/C18H24N2/c1-3-15(13-19-2)14-20-18-11-9-17(10-12-18)16-7-5-4-6-8-16/h4-12,15,19-20H,3,13-14H2,1-2H3. The fraction of sp³-hybridized carbons (Fsp3) is 0.333. The number of rotatable bonds is 7. The molecular formula is C18H24N2. The van der Waals surface area contributed by atoms with Crippen molar-refractivity contribution < 1.29 is 0 Å². The molecule has 0 aliphatic carbocycles. The number of benzene rings is 2. The second-order valence-corrected chi connectivity index (χ2v) is 5.16. The molecule has 2 aromatic rings. The Morgan fingerprint density at radius 1 is 0.850 bits per heavy atom. The molecule has 0 saturated heterocycles. The SMILES string of the molecule is CCC(CNC)CNc1ccc(-c2ccccc2)cc1. The lowest BCUT2D eigenvalue weighted by Crippen LogP contribution is -2.24. The molecule has 106 valence electrons. The molecule has 0 saturated carbocycles. The quantitative estimate of drug-likeness (QED) is 0.793. The van der Waals surface area contributed by atoms with E-state index in [4.69, 9.17) is 0 Å². The zero-order valence-corrected chi connectivity index (χ0v) is 12.4. The van der Waals surface area contributed by atoms with E-state index in [-0.39, 0.29) is 0 Å². The van der Waals surface area contributed by atoms with Crippen LogP contribution in [0.25, 0.3) is 11.1 Å². The van der Waals surface area contributed by atoms with Gasteiger partial charge in [-0.05, 0) is 42.8 Å². The second-order valence-electron chi connectivity index (χ2n) is 5.16. The highest BCUT2D eigenvalue weighted by Crippen LogP contribution is 2.21. The van der Waals surface area contributed by atoms with E-state index in [1.807, 2.05) is 13.1 Å². The molecule has 0 aromatic heterocycles. The second kappa shape index (κ2) is 7.71. The van der Waals surface area contributed by atoms with Gasteiger partial charge in [0.15, 0.2) is 0 Å². The molecule has 2 rings (SSSR count). The maximum Gasteiger partial charge on any atom is 0.0340 e. The molecule has 0 radical (unpaired) electrons. The molecule has 2 N–H and O–H groups in total. The van der Waals surface area contributed by atoms with E-state index in [0.29, 0.717) is 5.92 Å². The summed E-state index contributed by atoms with van der Waals surface area (Å²) < 4.78 is 0. The zero-order chi connectivity index (χ0) is 14.2. The minimum absolute atomic E-state index is 0.675. The number of hydrogen-bond acceptors (Lipinski definition) is 2. The van der Waals surface area contributed by atoms with E-state index in [9.17, 15) is 0 Å². The Hall–Kier alpha value is -1.80. The Labute approximate surface area is 122 Å². The van der Waals surface area contributed by atoms with Gasteiger partial charge < -0.3 is 10.6 Å². The molecule has 0 amide bonds. The van der Waals surface area contributed by atoms with Crippen LogP contribution in [0.4, 0.5) is 5.69 Å². The largest absolute Gasteiger partial charge is 0.385 e. The predicted octanol–water partition coefficient (Wildman–Crippen LogP) is 4.01. The minimum atomic E-state index is 0.675. The van der Waals surface area contributed by atoms with Crippen molar-refractivity contribution in [2.24, 2.45) is 5.92 Å². The molecule has 1 unspecified atom stereocenters. The average Bonchev–Trinajstić information content (AvgIpc) is 2.53. The van der Waals surface area contributed by atoms with E-state index >= 15 is 0 Å². The monoisotopic (exact) mass is 268 g/mol. The predicted molar refractivity (Wildman–Crippen MR) is 88.1 cm³/mol. The molecule has 20 heavy (non-hydrogen) atoms. The van der Waals surface area contributed by atoms with Crippen LogP contribution in [0.3, 0.4) is 0 Å². The first-order valence-corrected chi connectivity index (χ1v) is 7.37. The number of anilines is 1. The third kappa shape index (κ3) is 4.10. The maximum absolute atomic E-state index is 3.52. The van der Waals surface area contributed by atoms with E-state index < -0.39 is 0 Å². The molecule has 2 nitrogen and oxygen atoms in total. The molecular weight excluding hydrogens is 244 g/mol. The molecule has 0 bridgehead atoms. The van der Waals surface area contributed by atoms with E-state index in [0.717, 1.165) is 13.1 Å². The van der Waals surface area contributed by atoms with Gasteiger partial charge in [0.1, 0.15) is 0 Å². The van der Waals surface area contributed by atoms with Crippen LogP contribution in [0.1, 0.15) is 13.3 Å². The van der Waals surface area contributed by atoms with Crippen LogP contribution in [0, 0.1) is 5.92 Å². The summed E-state index contributed by atoms with van der Waals surface area (Å²) in [7, 11) is 2.01. The third-order valence-corrected chi connectivity index (χ3v) is 3.66. The normalized spacial score (nSPS) is 12.1. The summed E-state index contributed by atoms with van der Waals surface area (Å²) in [5.74, 6) is 0.675. The van der Waals surface area contributed by atoms with Crippen LogP contribution in [0.2, 0.25) is 0 Å². The fourth-order valence-electron chi connectivity index (χ4n) is 2.32. The van der Waals surface area contributed by atoms with E-state index in [2.05, 4.69) is 66.1 Å². The molecule has 1 atom stereocenters. The van der Waals surface area contributed by atoms with Crippen LogP contribution in [0.5, 0.6) is 0 Å². The van der Waals surface area contributed by atoms with Gasteiger partial charge >= 0.3 is 0 Å². The molecule has 0 spiro atoms. The van der Waals surface area contributed by atoms with E-state index in [1.165, 1.54) is 23.2 Å². The molecule has 0 aliphatic rings. The summed E-state index contributed by atoms with van der Waals surface area (Å²) in [5, 5.41) is 6.76. The van der Waals surface area contributed by atoms with Gasteiger partial charge in [-0.15, -0.1) is 0 Å². The lowest BCUT2D eigenvalue weighted by molar-refractivity contribution is 0.507. The van der Waals surface area contributed by atoms with Crippen molar-refractivity contribution >= 4 is 5.69 Å². The first-order valence-electron chi connectivity index (χ1n) is 7.37. The van der Waals surface area contributed by atoms with Crippen molar-refractivity contribution in [1.29, 1.82) is 0 Å². The maximum atomic E-state index is 3.52. The summed E-state index contributed by atoms with van der Waals surface area (Å²) in [4.78, 5) is 0. The van der Waals surface area contributed by atoms with Crippen molar-refractivity contribution in [3.63, 3.8) is 0 Å². The first-order chi connectivity index (χ1) is 9.83. The average molecular weight is 268 g/mol. The zero-order valence-electron chi connectivity index (χ0n) is 12.4. The third-order valence-electron chi connectivity index (χ3n) is 3.66. The minimum Gasteiger partial charge on any atom is -0.385 e. The van der Waals surface area contributed by atoms with Crippen molar-refractivity contribution in [3.8, 4) is 11.1 Å². The van der Waals surface area contributed by atoms with E-state index in [1.54, 1.807) is 0 Å². The smallest absolute Gasteiger partial charge is 0.0340 e. The lowest BCUT2D eigenvalue weighted by atomic mass is 10.0. The Balaban J connectivity index is 1.95. The van der Waals surface area contributed by atoms with Crippen LogP contribution < -0.4 is 10.6 Å². The van der Waals surface area contributed by atoms with Crippen LogP contribution in [-0.4, -0.2) is 20.1 Å². The molecule has 2 aromatic carbocycles. The number of hydrogen-bond donors (Lipinski definition) is 2. The van der Waals surface area contributed by atoms with Crippen LogP contribution in [-0.2, 0) is 0 Å². The Morgan fingerprint density at radius 2 is 1.50 bits per heavy atom. The molecule has 0 aliphatic heterocycles. The highest BCUT2D eigenvalue weighted by Gasteiger charge is 2.04. The summed E-state index contributed by atoms with van der Waals surface area (Å²) >= 11 is 0. The van der Waals surface area contributed by atoms with Gasteiger partial charge in [0, 0.05) is 12.2 Å². The Kier molecular flexibility index (Phi) is 5.63. The summed E-state index contributed by atoms with van der Waals surface area (Å²) in [6.45, 7) is 4.32. The summed E-state index contributed by atoms with van der Waals surface area (Å²) in [6, 6.07) is 19.2. The van der Waals surface area contributed by atoms with Gasteiger partial charge in [-0.3, -0.25) is 0 Å². The molecule has 2 heteroatoms. The van der Waals surface area contributed by atoms with Gasteiger partial charge in [0.25, 0.3) is 0 Å². The highest BCUT2D eigenvalue weighted by molar-refractivity contribution is 5.65. The van der Waals surface area contributed by atoms with Crippen LogP contribution >= 0.6 is 0 Å².